The van der Waals surface area contributed by atoms with Gasteiger partial charge in [-0.3, -0.25) is 5.10 Å². The molecule has 2 aromatic heterocycles. The zero-order chi connectivity index (χ0) is 18.3. The van der Waals surface area contributed by atoms with E-state index in [4.69, 9.17) is 0 Å². The lowest BCUT2D eigenvalue weighted by Crippen LogP contribution is -2.44. The number of urea groups is 1. The molecule has 0 radical (unpaired) electrons. The Labute approximate surface area is 154 Å². The number of benzene rings is 1. The van der Waals surface area contributed by atoms with Gasteiger partial charge in [0.15, 0.2) is 0 Å². The predicted molar refractivity (Wildman–Crippen MR) is 101 cm³/mol. The molecule has 1 aromatic carbocycles. The highest BCUT2D eigenvalue weighted by atomic mass is 32.1. The maximum atomic E-state index is 13.4. The molecule has 1 aliphatic rings. The Hall–Kier alpha value is -2.67. The summed E-state index contributed by atoms with van der Waals surface area (Å²) < 4.78 is 13.4. The van der Waals surface area contributed by atoms with Crippen LogP contribution in [0.5, 0.6) is 0 Å². The van der Waals surface area contributed by atoms with Gasteiger partial charge in [-0.1, -0.05) is 6.07 Å². The second-order valence-electron chi connectivity index (χ2n) is 6.58. The quantitative estimate of drug-likeness (QED) is 0.694. The van der Waals surface area contributed by atoms with E-state index < -0.39 is 0 Å². The van der Waals surface area contributed by atoms with Crippen molar-refractivity contribution < 1.29 is 9.18 Å². The first-order chi connectivity index (χ1) is 12.5. The standard InChI is InChI=1S/C19H19FN4OS/c1-11-8-13(5-6-15(11)20)21-19(25)24-10-14-16(9-12(24)2)22-23-18(14)17-4-3-7-26-17/h3-8,12H,9-10H2,1-2H3,(H,21,25)(H,22,23)/t12-/m0/s1. The molecule has 0 bridgehead atoms. The summed E-state index contributed by atoms with van der Waals surface area (Å²) in [6.07, 6.45) is 0.726. The first-order valence-corrected chi connectivity index (χ1v) is 9.34. The number of nitrogens with zero attached hydrogens (tertiary/aromatic N) is 2. The fraction of sp³-hybridized carbons (Fsp3) is 0.263. The number of hydrogen-bond acceptors (Lipinski definition) is 3. The molecule has 0 fully saturated rings. The van der Waals surface area contributed by atoms with Crippen molar-refractivity contribution in [3.05, 3.63) is 58.3 Å². The number of aryl methyl sites for hydroxylation is 1. The Bertz CT molecular complexity index is 951. The van der Waals surface area contributed by atoms with Gasteiger partial charge in [0.25, 0.3) is 0 Å². The molecule has 0 saturated heterocycles. The zero-order valence-electron chi connectivity index (χ0n) is 14.5. The SMILES string of the molecule is Cc1cc(NC(=O)N2Cc3c(-c4cccs4)n[nH]c3C[C@@H]2C)ccc1F. The minimum absolute atomic E-state index is 0.0423. The molecule has 0 aliphatic carbocycles. The van der Waals surface area contributed by atoms with E-state index in [1.54, 1.807) is 35.3 Å². The molecule has 7 heteroatoms. The van der Waals surface area contributed by atoms with Gasteiger partial charge in [0, 0.05) is 29.4 Å². The van der Waals surface area contributed by atoms with Crippen molar-refractivity contribution in [3.63, 3.8) is 0 Å². The number of nitrogens with one attached hydrogen (secondary N) is 2. The average Bonchev–Trinajstić information content (AvgIpc) is 3.26. The van der Waals surface area contributed by atoms with Gasteiger partial charge in [0.2, 0.25) is 0 Å². The molecule has 1 aliphatic heterocycles. The van der Waals surface area contributed by atoms with Gasteiger partial charge in [0.1, 0.15) is 11.5 Å². The summed E-state index contributed by atoms with van der Waals surface area (Å²) in [6.45, 7) is 4.19. The third-order valence-corrected chi connectivity index (χ3v) is 5.61. The molecule has 0 spiro atoms. The third kappa shape index (κ3) is 2.99. The molecule has 5 nitrogen and oxygen atoms in total. The number of H-pyrrole nitrogens is 1. The van der Waals surface area contributed by atoms with Crippen LogP contribution in [0.25, 0.3) is 10.6 Å². The minimum atomic E-state index is -0.280. The van der Waals surface area contributed by atoms with Crippen molar-refractivity contribution in [1.82, 2.24) is 15.1 Å². The number of aromatic nitrogens is 2. The molecule has 3 heterocycles. The average molecular weight is 370 g/mol. The number of anilines is 1. The van der Waals surface area contributed by atoms with E-state index in [1.807, 2.05) is 24.4 Å². The van der Waals surface area contributed by atoms with Gasteiger partial charge in [-0.2, -0.15) is 5.10 Å². The molecule has 4 rings (SSSR count). The van der Waals surface area contributed by atoms with Crippen LogP contribution in [0.1, 0.15) is 23.7 Å². The van der Waals surface area contributed by atoms with Gasteiger partial charge >= 0.3 is 6.03 Å². The number of hydrogen-bond donors (Lipinski definition) is 2. The topological polar surface area (TPSA) is 61.0 Å². The molecular weight excluding hydrogens is 351 g/mol. The number of thiophene rings is 1. The van der Waals surface area contributed by atoms with Crippen LogP contribution in [0.2, 0.25) is 0 Å². The molecule has 0 saturated carbocycles. The van der Waals surface area contributed by atoms with Crippen LogP contribution in [0, 0.1) is 12.7 Å². The van der Waals surface area contributed by atoms with Gasteiger partial charge in [-0.25, -0.2) is 9.18 Å². The number of aromatic amines is 1. The summed E-state index contributed by atoms with van der Waals surface area (Å²) in [7, 11) is 0. The van der Waals surface area contributed by atoms with Gasteiger partial charge in [0.05, 0.1) is 11.4 Å². The highest BCUT2D eigenvalue weighted by Gasteiger charge is 2.31. The van der Waals surface area contributed by atoms with Crippen molar-refractivity contribution in [2.75, 3.05) is 5.32 Å². The smallest absolute Gasteiger partial charge is 0.317 e. The van der Waals surface area contributed by atoms with E-state index >= 15 is 0 Å². The van der Waals surface area contributed by atoms with E-state index in [-0.39, 0.29) is 17.9 Å². The van der Waals surface area contributed by atoms with Crippen LogP contribution in [0.15, 0.2) is 35.7 Å². The molecule has 26 heavy (non-hydrogen) atoms. The van der Waals surface area contributed by atoms with Crippen LogP contribution in [0.3, 0.4) is 0 Å². The second kappa shape index (κ2) is 6.57. The Morgan fingerprint density at radius 3 is 3.00 bits per heavy atom. The first kappa shape index (κ1) is 16.8. The lowest BCUT2D eigenvalue weighted by Gasteiger charge is -2.33. The Morgan fingerprint density at radius 1 is 1.42 bits per heavy atom. The first-order valence-electron chi connectivity index (χ1n) is 8.46. The van der Waals surface area contributed by atoms with Crippen LogP contribution >= 0.6 is 11.3 Å². The molecule has 2 N–H and O–H groups in total. The molecule has 134 valence electrons. The van der Waals surface area contributed by atoms with Crippen LogP contribution in [-0.2, 0) is 13.0 Å². The van der Waals surface area contributed by atoms with Crippen LogP contribution in [-0.4, -0.2) is 27.2 Å². The van der Waals surface area contributed by atoms with Crippen molar-refractivity contribution in [2.24, 2.45) is 0 Å². The second-order valence-corrected chi connectivity index (χ2v) is 7.53. The van der Waals surface area contributed by atoms with Gasteiger partial charge in [-0.15, -0.1) is 11.3 Å². The van der Waals surface area contributed by atoms with Crippen molar-refractivity contribution in [3.8, 4) is 10.6 Å². The van der Waals surface area contributed by atoms with E-state index in [9.17, 15) is 9.18 Å². The van der Waals surface area contributed by atoms with E-state index in [0.717, 1.165) is 28.2 Å². The molecule has 2 amide bonds. The monoisotopic (exact) mass is 370 g/mol. The predicted octanol–water partition coefficient (Wildman–Crippen LogP) is 4.56. The number of amides is 2. The highest BCUT2D eigenvalue weighted by Crippen LogP contribution is 2.33. The summed E-state index contributed by atoms with van der Waals surface area (Å²) in [5.41, 5.74) is 4.17. The summed E-state index contributed by atoms with van der Waals surface area (Å²) in [5.74, 6) is -0.280. The van der Waals surface area contributed by atoms with Gasteiger partial charge < -0.3 is 10.2 Å². The van der Waals surface area contributed by atoms with E-state index in [1.165, 1.54) is 6.07 Å². The van der Waals surface area contributed by atoms with E-state index in [2.05, 4.69) is 15.5 Å². The van der Waals surface area contributed by atoms with Gasteiger partial charge in [-0.05, 0) is 49.1 Å². The largest absolute Gasteiger partial charge is 0.322 e. The Balaban J connectivity index is 1.57. The fourth-order valence-electron chi connectivity index (χ4n) is 3.28. The number of fused-ring (bicyclic) bond motifs is 1. The summed E-state index contributed by atoms with van der Waals surface area (Å²) in [5, 5.41) is 12.5. The lowest BCUT2D eigenvalue weighted by atomic mass is 9.99. The number of carbonyl (C=O) groups is 1. The lowest BCUT2D eigenvalue weighted by molar-refractivity contribution is 0.182. The summed E-state index contributed by atoms with van der Waals surface area (Å²) in [6, 6.07) is 8.47. The normalized spacial score (nSPS) is 16.4. The van der Waals surface area contributed by atoms with E-state index in [0.29, 0.717) is 17.8 Å². The zero-order valence-corrected chi connectivity index (χ0v) is 15.4. The number of carbonyl (C=O) groups excluding carboxylic acids is 1. The maximum Gasteiger partial charge on any atom is 0.322 e. The number of halogens is 1. The number of rotatable bonds is 2. The Morgan fingerprint density at radius 2 is 2.27 bits per heavy atom. The van der Waals surface area contributed by atoms with Crippen molar-refractivity contribution >= 4 is 23.1 Å². The third-order valence-electron chi connectivity index (χ3n) is 4.74. The Kier molecular flexibility index (Phi) is 4.24. The fourth-order valence-corrected chi connectivity index (χ4v) is 4.02. The van der Waals surface area contributed by atoms with Crippen molar-refractivity contribution in [2.45, 2.75) is 32.9 Å². The highest BCUT2D eigenvalue weighted by molar-refractivity contribution is 7.13. The molecule has 3 aromatic rings. The molecule has 1 atom stereocenters. The summed E-state index contributed by atoms with van der Waals surface area (Å²) >= 11 is 1.63. The maximum absolute atomic E-state index is 13.4. The van der Waals surface area contributed by atoms with Crippen molar-refractivity contribution in [1.29, 1.82) is 0 Å². The molecule has 0 unspecified atom stereocenters. The van der Waals surface area contributed by atoms with Crippen LogP contribution < -0.4 is 5.32 Å². The summed E-state index contributed by atoms with van der Waals surface area (Å²) in [4.78, 5) is 15.7. The minimum Gasteiger partial charge on any atom is -0.317 e. The van der Waals surface area contributed by atoms with Crippen LogP contribution in [0.4, 0.5) is 14.9 Å². The molecular formula is C19H19FN4OS.